The Morgan fingerprint density at radius 3 is 2.50 bits per heavy atom. The van der Waals surface area contributed by atoms with Crippen molar-refractivity contribution >= 4 is 16.8 Å². The van der Waals surface area contributed by atoms with Gasteiger partial charge in [-0.25, -0.2) is 0 Å². The molecule has 1 atom stereocenters. The zero-order chi connectivity index (χ0) is 10.6. The van der Waals surface area contributed by atoms with Gasteiger partial charge < -0.3 is 5.11 Å². The summed E-state index contributed by atoms with van der Waals surface area (Å²) in [5, 5.41) is 11.5. The fourth-order valence-electron chi connectivity index (χ4n) is 0.951. The number of halogens is 1. The van der Waals surface area contributed by atoms with Crippen LogP contribution in [0, 0.1) is 0 Å². The van der Waals surface area contributed by atoms with Gasteiger partial charge in [0.25, 0.3) is 0 Å². The molecule has 0 heterocycles. The van der Waals surface area contributed by atoms with Crippen LogP contribution in [0.15, 0.2) is 29.4 Å². The first-order valence-electron chi connectivity index (χ1n) is 3.67. The summed E-state index contributed by atoms with van der Waals surface area (Å²) in [6.07, 6.45) is 0. The summed E-state index contributed by atoms with van der Waals surface area (Å²) < 4.78 is 0. The minimum atomic E-state index is -1.04. The van der Waals surface area contributed by atoms with Crippen LogP contribution < -0.4 is 0 Å². The third-order valence-electron chi connectivity index (χ3n) is 1.59. The molecule has 0 saturated heterocycles. The molecule has 0 saturated carbocycles. The number of aromatic hydroxyl groups is 1. The van der Waals surface area contributed by atoms with Gasteiger partial charge in [-0.3, -0.25) is 4.79 Å². The van der Waals surface area contributed by atoms with E-state index in [1.807, 2.05) is 0 Å². The molecule has 72 valence electrons. The lowest BCUT2D eigenvalue weighted by molar-refractivity contribution is -0.112. The monoisotopic (exact) mass is 211 g/mol. The van der Waals surface area contributed by atoms with E-state index in [9.17, 15) is 4.79 Å². The third-order valence-corrected chi connectivity index (χ3v) is 1.80. The predicted molar refractivity (Wildman–Crippen MR) is 50.9 cm³/mol. The second-order valence-electron chi connectivity index (χ2n) is 2.50. The minimum Gasteiger partial charge on any atom is -0.508 e. The maximum Gasteiger partial charge on any atom is 0.235 e. The van der Waals surface area contributed by atoms with Crippen molar-refractivity contribution in [3.8, 4) is 5.75 Å². The van der Waals surface area contributed by atoms with Crippen molar-refractivity contribution in [1.82, 2.24) is 0 Å². The van der Waals surface area contributed by atoms with Crippen LogP contribution in [-0.2, 0) is 4.79 Å². The highest BCUT2D eigenvalue weighted by Gasteiger charge is 2.16. The summed E-state index contributed by atoms with van der Waals surface area (Å²) in [6.45, 7) is 0. The topological polar surface area (TPSA) is 86.1 Å². The van der Waals surface area contributed by atoms with E-state index < -0.39 is 11.3 Å². The van der Waals surface area contributed by atoms with Gasteiger partial charge in [0.15, 0.2) is 0 Å². The lowest BCUT2D eigenvalue weighted by Crippen LogP contribution is -2.02. The second kappa shape index (κ2) is 4.50. The van der Waals surface area contributed by atoms with E-state index in [1.54, 1.807) is 0 Å². The van der Waals surface area contributed by atoms with Crippen molar-refractivity contribution in [3.05, 3.63) is 40.3 Å². The molecular formula is C8H6ClN3O2. The van der Waals surface area contributed by atoms with Gasteiger partial charge in [-0.1, -0.05) is 17.2 Å². The van der Waals surface area contributed by atoms with Gasteiger partial charge in [-0.05, 0) is 34.8 Å². The molecule has 1 aromatic rings. The minimum absolute atomic E-state index is 0.0652. The average molecular weight is 212 g/mol. The molecule has 0 aliphatic heterocycles. The fraction of sp³-hybridized carbons (Fsp3) is 0.125. The molecule has 0 radical (unpaired) electrons. The van der Waals surface area contributed by atoms with Crippen LogP contribution >= 0.6 is 11.6 Å². The SMILES string of the molecule is [N-]=[N+]=NC(C(=O)Cl)c1ccc(O)cc1. The predicted octanol–water partition coefficient (Wildman–Crippen LogP) is 2.51. The molecule has 0 aliphatic rings. The van der Waals surface area contributed by atoms with Crippen molar-refractivity contribution in [2.45, 2.75) is 6.04 Å². The molecule has 0 aromatic heterocycles. The van der Waals surface area contributed by atoms with E-state index in [1.165, 1.54) is 24.3 Å². The van der Waals surface area contributed by atoms with Gasteiger partial charge >= 0.3 is 0 Å². The van der Waals surface area contributed by atoms with Crippen molar-refractivity contribution in [3.63, 3.8) is 0 Å². The molecule has 0 fully saturated rings. The quantitative estimate of drug-likeness (QED) is 0.360. The van der Waals surface area contributed by atoms with Gasteiger partial charge in [0.2, 0.25) is 5.24 Å². The highest BCUT2D eigenvalue weighted by molar-refractivity contribution is 6.64. The Balaban J connectivity index is 3.05. The van der Waals surface area contributed by atoms with Crippen LogP contribution in [-0.4, -0.2) is 10.3 Å². The third kappa shape index (κ3) is 2.39. The summed E-state index contributed by atoms with van der Waals surface area (Å²) >= 11 is 5.23. The highest BCUT2D eigenvalue weighted by Crippen LogP contribution is 2.22. The van der Waals surface area contributed by atoms with Crippen LogP contribution in [0.3, 0.4) is 0 Å². The van der Waals surface area contributed by atoms with Crippen LogP contribution in [0.1, 0.15) is 11.6 Å². The first-order valence-corrected chi connectivity index (χ1v) is 4.05. The standard InChI is InChI=1S/C8H6ClN3O2/c9-8(14)7(11-12-10)5-1-3-6(13)4-2-5/h1-4,7,13H. The Hall–Kier alpha value is -1.71. The van der Waals surface area contributed by atoms with Crippen LogP contribution in [0.25, 0.3) is 10.4 Å². The Bertz CT molecular complexity index is 382. The number of hydrogen-bond acceptors (Lipinski definition) is 3. The summed E-state index contributed by atoms with van der Waals surface area (Å²) in [5.41, 5.74) is 8.64. The van der Waals surface area contributed by atoms with Gasteiger partial charge in [-0.15, -0.1) is 0 Å². The zero-order valence-corrected chi connectivity index (χ0v) is 7.72. The number of phenols is 1. The van der Waals surface area contributed by atoms with E-state index >= 15 is 0 Å². The van der Waals surface area contributed by atoms with E-state index in [2.05, 4.69) is 10.0 Å². The maximum absolute atomic E-state index is 10.9. The van der Waals surface area contributed by atoms with Gasteiger partial charge in [-0.2, -0.15) is 0 Å². The van der Waals surface area contributed by atoms with Crippen molar-refractivity contribution in [2.24, 2.45) is 5.11 Å². The molecule has 0 spiro atoms. The lowest BCUT2D eigenvalue weighted by Gasteiger charge is -2.05. The number of hydrogen-bond donors (Lipinski definition) is 1. The van der Waals surface area contributed by atoms with Crippen molar-refractivity contribution in [1.29, 1.82) is 0 Å². The Kier molecular flexibility index (Phi) is 3.34. The smallest absolute Gasteiger partial charge is 0.235 e. The van der Waals surface area contributed by atoms with Crippen molar-refractivity contribution < 1.29 is 9.90 Å². The first-order chi connectivity index (χ1) is 6.65. The summed E-state index contributed by atoms with van der Waals surface area (Å²) in [4.78, 5) is 13.4. The van der Waals surface area contributed by atoms with Gasteiger partial charge in [0, 0.05) is 4.91 Å². The number of nitrogens with zero attached hydrogens (tertiary/aromatic N) is 3. The molecule has 14 heavy (non-hydrogen) atoms. The van der Waals surface area contributed by atoms with Crippen LogP contribution in [0.4, 0.5) is 0 Å². The molecule has 0 bridgehead atoms. The van der Waals surface area contributed by atoms with E-state index in [-0.39, 0.29) is 5.75 Å². The zero-order valence-electron chi connectivity index (χ0n) is 6.96. The Labute approximate surface area is 84.6 Å². The first kappa shape index (κ1) is 10.4. The Morgan fingerprint density at radius 2 is 2.07 bits per heavy atom. The Morgan fingerprint density at radius 1 is 1.50 bits per heavy atom. The molecule has 1 aromatic carbocycles. The fourth-order valence-corrected chi connectivity index (χ4v) is 1.12. The number of rotatable bonds is 3. The molecule has 0 aliphatic carbocycles. The molecule has 6 heteroatoms. The number of azide groups is 1. The number of carbonyl (C=O) groups is 1. The summed E-state index contributed by atoms with van der Waals surface area (Å²) in [5.74, 6) is 0.0652. The van der Waals surface area contributed by atoms with Gasteiger partial charge in [0.1, 0.15) is 11.8 Å². The molecule has 1 unspecified atom stereocenters. The largest absolute Gasteiger partial charge is 0.508 e. The maximum atomic E-state index is 10.9. The highest BCUT2D eigenvalue weighted by atomic mass is 35.5. The van der Waals surface area contributed by atoms with Crippen LogP contribution in [0.2, 0.25) is 0 Å². The normalized spacial score (nSPS) is 11.5. The average Bonchev–Trinajstić information content (AvgIpc) is 2.15. The molecular weight excluding hydrogens is 206 g/mol. The van der Waals surface area contributed by atoms with Gasteiger partial charge in [0.05, 0.1) is 0 Å². The van der Waals surface area contributed by atoms with E-state index in [0.717, 1.165) is 0 Å². The molecule has 0 amide bonds. The summed E-state index contributed by atoms with van der Waals surface area (Å²) in [7, 11) is 0. The number of carbonyl (C=O) groups excluding carboxylic acids is 1. The molecule has 1 N–H and O–H groups in total. The number of phenolic OH excluding ortho intramolecular Hbond substituents is 1. The summed E-state index contributed by atoms with van der Waals surface area (Å²) in [6, 6.07) is 4.66. The van der Waals surface area contributed by atoms with E-state index in [0.29, 0.717) is 5.56 Å². The molecule has 5 nitrogen and oxygen atoms in total. The lowest BCUT2D eigenvalue weighted by atomic mass is 10.1. The second-order valence-corrected chi connectivity index (χ2v) is 2.88. The van der Waals surface area contributed by atoms with Crippen molar-refractivity contribution in [2.75, 3.05) is 0 Å². The van der Waals surface area contributed by atoms with Crippen LogP contribution in [0.5, 0.6) is 5.75 Å². The molecule has 1 rings (SSSR count). The van der Waals surface area contributed by atoms with E-state index in [4.69, 9.17) is 22.2 Å². The number of benzene rings is 1.